The van der Waals surface area contributed by atoms with Crippen molar-refractivity contribution in [1.82, 2.24) is 9.55 Å². The highest BCUT2D eigenvalue weighted by Gasteiger charge is 2.19. The first-order chi connectivity index (χ1) is 21.3. The van der Waals surface area contributed by atoms with Crippen LogP contribution in [0.15, 0.2) is 79.4 Å². The van der Waals surface area contributed by atoms with Gasteiger partial charge in [-0.25, -0.2) is 14.2 Å². The number of imidazole rings is 1. The summed E-state index contributed by atoms with van der Waals surface area (Å²) >= 11 is 0. The lowest BCUT2D eigenvalue weighted by Gasteiger charge is -2.23. The summed E-state index contributed by atoms with van der Waals surface area (Å²) in [7, 11) is 0. The van der Waals surface area contributed by atoms with Crippen LogP contribution in [0.1, 0.15) is 52.7 Å². The number of Topliss-reactive ketones (excluding diaryl/α,β-unsaturated/α-hetero) is 1. The third-order valence-electron chi connectivity index (χ3n) is 6.80. The molecule has 0 saturated carbocycles. The molecule has 1 aromatic heterocycles. The van der Waals surface area contributed by atoms with Gasteiger partial charge < -0.3 is 24.5 Å². The van der Waals surface area contributed by atoms with Crippen LogP contribution in [-0.4, -0.2) is 45.3 Å². The van der Waals surface area contributed by atoms with Gasteiger partial charge in [0.15, 0.2) is 12.1 Å². The highest BCUT2D eigenvalue weighted by atomic mass is 19.1. The molecule has 0 aliphatic carbocycles. The van der Waals surface area contributed by atoms with Gasteiger partial charge in [-0.05, 0) is 73.4 Å². The highest BCUT2D eigenvalue weighted by Crippen LogP contribution is 2.29. The van der Waals surface area contributed by atoms with Gasteiger partial charge in [0.2, 0.25) is 5.91 Å². The lowest BCUT2D eigenvalue weighted by Crippen LogP contribution is -2.22. The molecule has 0 spiro atoms. The number of ether oxygens (including phenoxy) is 2. The molecular formula is C33H29FN4O6. The third-order valence-corrected chi connectivity index (χ3v) is 6.80. The lowest BCUT2D eigenvalue weighted by atomic mass is 10.0. The predicted molar refractivity (Wildman–Crippen MR) is 160 cm³/mol. The Bertz CT molecular complexity index is 1700. The van der Waals surface area contributed by atoms with Crippen LogP contribution < -0.4 is 10.6 Å². The van der Waals surface area contributed by atoms with E-state index in [2.05, 4.69) is 27.5 Å². The van der Waals surface area contributed by atoms with Crippen molar-refractivity contribution in [2.45, 2.75) is 38.6 Å². The number of anilines is 2. The Hall–Kier alpha value is -5.31. The molecule has 10 nitrogen and oxygen atoms in total. The van der Waals surface area contributed by atoms with Crippen LogP contribution >= 0.6 is 0 Å². The van der Waals surface area contributed by atoms with Gasteiger partial charge in [0.1, 0.15) is 5.82 Å². The number of amides is 2. The zero-order chi connectivity index (χ0) is 30.9. The molecule has 44 heavy (non-hydrogen) atoms. The van der Waals surface area contributed by atoms with Crippen molar-refractivity contribution in [3.05, 3.63) is 107 Å². The molecule has 11 heteroatoms. The Morgan fingerprint density at radius 1 is 1.05 bits per heavy atom. The number of carbonyl (C=O) groups excluding carboxylic acids is 2. The molecule has 1 saturated heterocycles. The van der Waals surface area contributed by atoms with Gasteiger partial charge in [0, 0.05) is 41.4 Å². The summed E-state index contributed by atoms with van der Waals surface area (Å²) in [5, 5.41) is 14.5. The van der Waals surface area contributed by atoms with E-state index < -0.39 is 36.3 Å². The smallest absolute Gasteiger partial charge is 0.409 e. The number of ketones is 1. The number of carboxylic acid groups (broad SMARTS) is 1. The maximum Gasteiger partial charge on any atom is 0.409 e. The number of carbonyl (C=O) groups is 3. The van der Waals surface area contributed by atoms with Gasteiger partial charge in [0.25, 0.3) is 0 Å². The van der Waals surface area contributed by atoms with Crippen molar-refractivity contribution < 1.29 is 33.4 Å². The second-order valence-electron chi connectivity index (χ2n) is 10.0. The molecule has 2 amide bonds. The van der Waals surface area contributed by atoms with E-state index in [4.69, 9.17) is 9.47 Å². The van der Waals surface area contributed by atoms with E-state index in [-0.39, 0.29) is 18.0 Å². The largest absolute Gasteiger partial charge is 0.465 e. The quantitative estimate of drug-likeness (QED) is 0.127. The molecule has 3 N–H and O–H groups in total. The molecule has 3 aromatic carbocycles. The van der Waals surface area contributed by atoms with E-state index in [0.29, 0.717) is 34.5 Å². The number of benzene rings is 3. The number of halogens is 1. The van der Waals surface area contributed by atoms with E-state index in [1.165, 1.54) is 36.4 Å². The Labute approximate surface area is 252 Å². The molecule has 1 aliphatic rings. The Morgan fingerprint density at radius 3 is 2.59 bits per heavy atom. The molecule has 1 fully saturated rings. The molecule has 1 atom stereocenters. The average molecular weight is 597 g/mol. The second kappa shape index (κ2) is 14.2. The van der Waals surface area contributed by atoms with Crippen molar-refractivity contribution in [2.75, 3.05) is 17.2 Å². The molecule has 1 unspecified atom stereocenters. The average Bonchev–Trinajstić information content (AvgIpc) is 3.57. The minimum atomic E-state index is -1.35. The van der Waals surface area contributed by atoms with Crippen molar-refractivity contribution >= 4 is 29.2 Å². The van der Waals surface area contributed by atoms with Crippen molar-refractivity contribution in [3.63, 3.8) is 0 Å². The van der Waals surface area contributed by atoms with Gasteiger partial charge in [-0.3, -0.25) is 14.9 Å². The summed E-state index contributed by atoms with van der Waals surface area (Å²) in [6.45, 7) is 0.650. The Morgan fingerprint density at radius 2 is 1.86 bits per heavy atom. The first-order valence-corrected chi connectivity index (χ1v) is 13.9. The van der Waals surface area contributed by atoms with Crippen LogP contribution in [0.25, 0.3) is 5.69 Å². The third kappa shape index (κ3) is 8.16. The standard InChI is InChI=1S/C33H29FN4O6/c34-26-11-8-22(9-12-26)7-10-23-17-28(29(37-33(41)42)18-25(23)20-44-32-6-1-2-15-43-32)36-31(40)19-30(39)24-4-3-5-27(16-24)38-14-13-35-21-38/h3-5,8-9,11-14,16-18,21,32,37H,1-2,6,15,19-20H2,(H,36,40)(H,41,42). The Balaban J connectivity index is 1.40. The van der Waals surface area contributed by atoms with Crippen LogP contribution in [0.2, 0.25) is 0 Å². The van der Waals surface area contributed by atoms with E-state index in [0.717, 1.165) is 19.3 Å². The van der Waals surface area contributed by atoms with Crippen molar-refractivity contribution in [3.8, 4) is 17.5 Å². The van der Waals surface area contributed by atoms with Gasteiger partial charge in [-0.15, -0.1) is 0 Å². The van der Waals surface area contributed by atoms with Gasteiger partial charge in [-0.2, -0.15) is 0 Å². The maximum atomic E-state index is 13.4. The summed E-state index contributed by atoms with van der Waals surface area (Å²) in [5.41, 5.74) is 2.77. The van der Waals surface area contributed by atoms with Crippen LogP contribution in [0.3, 0.4) is 0 Å². The fourth-order valence-electron chi connectivity index (χ4n) is 4.59. The molecule has 2 heterocycles. The zero-order valence-electron chi connectivity index (χ0n) is 23.6. The molecule has 1 aliphatic heterocycles. The summed E-state index contributed by atoms with van der Waals surface area (Å²) in [6, 6.07) is 15.5. The van der Waals surface area contributed by atoms with E-state index in [9.17, 15) is 23.9 Å². The maximum absolute atomic E-state index is 13.4. The normalized spacial score (nSPS) is 14.2. The summed E-state index contributed by atoms with van der Waals surface area (Å²) in [6.07, 6.45) is 5.35. The van der Waals surface area contributed by atoms with Gasteiger partial charge in [-0.1, -0.05) is 24.0 Å². The number of nitrogens with one attached hydrogen (secondary N) is 2. The Kier molecular flexibility index (Phi) is 9.76. The fraction of sp³-hybridized carbons (Fsp3) is 0.212. The van der Waals surface area contributed by atoms with Crippen molar-refractivity contribution in [1.29, 1.82) is 0 Å². The first kappa shape index (κ1) is 30.2. The molecule has 5 rings (SSSR count). The SMILES string of the molecule is O=C(O)Nc1cc(COC2CCCCO2)c(C#Cc2ccc(F)cc2)cc1NC(=O)CC(=O)c1cccc(-n2ccnc2)c1. The predicted octanol–water partition coefficient (Wildman–Crippen LogP) is 5.76. The molecule has 4 aromatic rings. The summed E-state index contributed by atoms with van der Waals surface area (Å²) in [5.74, 6) is 4.52. The number of nitrogens with zero attached hydrogens (tertiary/aromatic N) is 2. The molecular weight excluding hydrogens is 567 g/mol. The van der Waals surface area contributed by atoms with E-state index >= 15 is 0 Å². The molecule has 0 bridgehead atoms. The first-order valence-electron chi connectivity index (χ1n) is 13.9. The van der Waals surface area contributed by atoms with E-state index in [1.54, 1.807) is 41.5 Å². The zero-order valence-corrected chi connectivity index (χ0v) is 23.6. The number of rotatable bonds is 9. The minimum Gasteiger partial charge on any atom is -0.465 e. The summed E-state index contributed by atoms with van der Waals surface area (Å²) in [4.78, 5) is 41.7. The number of hydrogen-bond donors (Lipinski definition) is 3. The van der Waals surface area contributed by atoms with Crippen LogP contribution in [0, 0.1) is 17.7 Å². The minimum absolute atomic E-state index is 0.0619. The lowest BCUT2D eigenvalue weighted by molar-refractivity contribution is -0.168. The topological polar surface area (TPSA) is 132 Å². The van der Waals surface area contributed by atoms with Crippen LogP contribution in [0.5, 0.6) is 0 Å². The van der Waals surface area contributed by atoms with E-state index in [1.807, 2.05) is 6.07 Å². The molecule has 224 valence electrons. The number of aromatic nitrogens is 2. The van der Waals surface area contributed by atoms with Crippen LogP contribution in [-0.2, 0) is 20.9 Å². The summed E-state index contributed by atoms with van der Waals surface area (Å²) < 4.78 is 26.7. The van der Waals surface area contributed by atoms with Crippen LogP contribution in [0.4, 0.5) is 20.6 Å². The fourth-order valence-corrected chi connectivity index (χ4v) is 4.59. The van der Waals surface area contributed by atoms with Gasteiger partial charge in [0.05, 0.1) is 30.7 Å². The monoisotopic (exact) mass is 596 g/mol. The highest BCUT2D eigenvalue weighted by molar-refractivity contribution is 6.12. The molecule has 0 radical (unpaired) electrons. The second-order valence-corrected chi connectivity index (χ2v) is 10.0. The van der Waals surface area contributed by atoms with Gasteiger partial charge >= 0.3 is 6.09 Å². The number of hydrogen-bond acceptors (Lipinski definition) is 6. The van der Waals surface area contributed by atoms with Crippen molar-refractivity contribution in [2.24, 2.45) is 0 Å².